The second-order valence-electron chi connectivity index (χ2n) is 4.22. The van der Waals surface area contributed by atoms with E-state index in [0.29, 0.717) is 11.3 Å². The number of nitrogens with zero attached hydrogens (tertiary/aromatic N) is 3. The molecule has 0 bridgehead atoms. The van der Waals surface area contributed by atoms with Gasteiger partial charge in [0.15, 0.2) is 5.65 Å². The third kappa shape index (κ3) is 1.97. The molecule has 0 radical (unpaired) electrons. The summed E-state index contributed by atoms with van der Waals surface area (Å²) in [7, 11) is 0. The van der Waals surface area contributed by atoms with Crippen LogP contribution in [0.2, 0.25) is 0 Å². The van der Waals surface area contributed by atoms with Gasteiger partial charge in [0.25, 0.3) is 0 Å². The van der Waals surface area contributed by atoms with Gasteiger partial charge in [-0.3, -0.25) is 0 Å². The number of hydrogen-bond donors (Lipinski definition) is 1. The summed E-state index contributed by atoms with van der Waals surface area (Å²) in [5, 5.41) is 3.93. The second kappa shape index (κ2) is 4.22. The number of anilines is 1. The number of fused-ring (bicyclic) bond motifs is 1. The van der Waals surface area contributed by atoms with E-state index in [-0.39, 0.29) is 11.3 Å². The first-order valence-corrected chi connectivity index (χ1v) is 5.73. The number of alkyl halides is 3. The summed E-state index contributed by atoms with van der Waals surface area (Å²) >= 11 is 0. The molecule has 3 aromatic rings. The van der Waals surface area contributed by atoms with Crippen LogP contribution in [0.1, 0.15) is 5.56 Å². The summed E-state index contributed by atoms with van der Waals surface area (Å²) in [6, 6.07) is 6.77. The molecule has 2 N–H and O–H groups in total. The van der Waals surface area contributed by atoms with E-state index in [2.05, 4.69) is 10.1 Å². The maximum Gasteiger partial charge on any atom is 0.417 e. The zero-order valence-electron chi connectivity index (χ0n) is 10.1. The van der Waals surface area contributed by atoms with Crippen molar-refractivity contribution in [2.75, 3.05) is 5.73 Å². The monoisotopic (exact) mass is 278 g/mol. The molecule has 0 aliphatic carbocycles. The largest absolute Gasteiger partial charge is 0.417 e. The van der Waals surface area contributed by atoms with Crippen LogP contribution in [0, 0.1) is 0 Å². The van der Waals surface area contributed by atoms with Crippen molar-refractivity contribution in [3.63, 3.8) is 0 Å². The number of nitrogens with two attached hydrogens (primary N) is 1. The molecule has 0 saturated heterocycles. The maximum atomic E-state index is 13.0. The first-order valence-electron chi connectivity index (χ1n) is 5.73. The van der Waals surface area contributed by atoms with Crippen LogP contribution in [0.4, 0.5) is 18.9 Å². The summed E-state index contributed by atoms with van der Waals surface area (Å²) < 4.78 is 40.4. The number of nitrogen functional groups attached to an aromatic ring is 1. The lowest BCUT2D eigenvalue weighted by Crippen LogP contribution is -2.07. The molecule has 7 heteroatoms. The van der Waals surface area contributed by atoms with Crippen molar-refractivity contribution in [1.82, 2.24) is 14.6 Å². The van der Waals surface area contributed by atoms with Crippen molar-refractivity contribution in [2.24, 2.45) is 0 Å². The molecular formula is C13H9F3N4. The maximum absolute atomic E-state index is 13.0. The number of aromatic nitrogens is 3. The molecule has 0 atom stereocenters. The first kappa shape index (κ1) is 12.5. The van der Waals surface area contributed by atoms with E-state index in [1.165, 1.54) is 41.2 Å². The Morgan fingerprint density at radius 2 is 1.85 bits per heavy atom. The van der Waals surface area contributed by atoms with Crippen molar-refractivity contribution < 1.29 is 13.2 Å². The number of halogens is 3. The molecule has 2 aromatic heterocycles. The fourth-order valence-corrected chi connectivity index (χ4v) is 1.99. The molecule has 0 aliphatic heterocycles. The van der Waals surface area contributed by atoms with Gasteiger partial charge in [-0.2, -0.15) is 18.3 Å². The average molecular weight is 278 g/mol. The topological polar surface area (TPSA) is 56.2 Å². The Hall–Kier alpha value is -2.57. The van der Waals surface area contributed by atoms with Gasteiger partial charge < -0.3 is 5.73 Å². The van der Waals surface area contributed by atoms with Gasteiger partial charge in [-0.05, 0) is 12.1 Å². The van der Waals surface area contributed by atoms with Crippen LogP contribution in [-0.4, -0.2) is 14.6 Å². The average Bonchev–Trinajstić information content (AvgIpc) is 2.79. The third-order valence-corrected chi connectivity index (χ3v) is 2.90. The molecule has 0 unspecified atom stereocenters. The Morgan fingerprint density at radius 1 is 1.10 bits per heavy atom. The van der Waals surface area contributed by atoms with Gasteiger partial charge in [-0.1, -0.05) is 18.2 Å². The van der Waals surface area contributed by atoms with Crippen LogP contribution in [0.3, 0.4) is 0 Å². The molecule has 4 nitrogen and oxygen atoms in total. The predicted octanol–water partition coefficient (Wildman–Crippen LogP) is 3.00. The molecule has 2 heterocycles. The van der Waals surface area contributed by atoms with Crippen LogP contribution in [-0.2, 0) is 6.18 Å². The third-order valence-electron chi connectivity index (χ3n) is 2.90. The zero-order valence-corrected chi connectivity index (χ0v) is 10.1. The molecule has 20 heavy (non-hydrogen) atoms. The van der Waals surface area contributed by atoms with Gasteiger partial charge in [0.2, 0.25) is 0 Å². The minimum atomic E-state index is -4.43. The Bertz CT molecular complexity index is 777. The molecule has 0 spiro atoms. The molecule has 1 aromatic carbocycles. The Morgan fingerprint density at radius 3 is 2.60 bits per heavy atom. The van der Waals surface area contributed by atoms with E-state index < -0.39 is 11.7 Å². The van der Waals surface area contributed by atoms with Gasteiger partial charge >= 0.3 is 6.18 Å². The lowest BCUT2D eigenvalue weighted by Gasteiger charge is -2.12. The van der Waals surface area contributed by atoms with E-state index in [0.717, 1.165) is 6.07 Å². The van der Waals surface area contributed by atoms with Crippen molar-refractivity contribution in [3.05, 3.63) is 48.3 Å². The number of rotatable bonds is 1. The summed E-state index contributed by atoms with van der Waals surface area (Å²) in [4.78, 5) is 4.15. The van der Waals surface area contributed by atoms with E-state index in [1.807, 2.05) is 0 Å². The van der Waals surface area contributed by atoms with Gasteiger partial charge in [0, 0.05) is 11.8 Å². The van der Waals surface area contributed by atoms with Crippen molar-refractivity contribution in [3.8, 4) is 11.3 Å². The highest BCUT2D eigenvalue weighted by Crippen LogP contribution is 2.36. The Balaban J connectivity index is 2.23. The molecule has 102 valence electrons. The lowest BCUT2D eigenvalue weighted by molar-refractivity contribution is -0.137. The molecule has 0 fully saturated rings. The van der Waals surface area contributed by atoms with E-state index in [9.17, 15) is 13.2 Å². The highest BCUT2D eigenvalue weighted by atomic mass is 19.4. The number of benzene rings is 1. The minimum Gasteiger partial charge on any atom is -0.394 e. The normalized spacial score (nSPS) is 11.9. The zero-order chi connectivity index (χ0) is 14.3. The fraction of sp³-hybridized carbons (Fsp3) is 0.0769. The van der Waals surface area contributed by atoms with Gasteiger partial charge in [-0.25, -0.2) is 9.50 Å². The number of hydrogen-bond acceptors (Lipinski definition) is 3. The fourth-order valence-electron chi connectivity index (χ4n) is 1.99. The van der Waals surface area contributed by atoms with Crippen LogP contribution < -0.4 is 5.73 Å². The van der Waals surface area contributed by atoms with Gasteiger partial charge in [-0.15, -0.1) is 0 Å². The first-order chi connectivity index (χ1) is 9.47. The van der Waals surface area contributed by atoms with Crippen LogP contribution in [0.5, 0.6) is 0 Å². The SMILES string of the molecule is Nc1cnn2ccc(-c3ccccc3C(F)(F)F)nc12. The van der Waals surface area contributed by atoms with Crippen LogP contribution >= 0.6 is 0 Å². The Kier molecular flexibility index (Phi) is 2.63. The lowest BCUT2D eigenvalue weighted by atomic mass is 10.0. The van der Waals surface area contributed by atoms with Gasteiger partial charge in [0.1, 0.15) is 0 Å². The molecular weight excluding hydrogens is 269 g/mol. The predicted molar refractivity (Wildman–Crippen MR) is 67.8 cm³/mol. The second-order valence-corrected chi connectivity index (χ2v) is 4.22. The van der Waals surface area contributed by atoms with Crippen molar-refractivity contribution >= 4 is 11.3 Å². The quantitative estimate of drug-likeness (QED) is 0.744. The van der Waals surface area contributed by atoms with E-state index >= 15 is 0 Å². The summed E-state index contributed by atoms with van der Waals surface area (Å²) in [6.07, 6.45) is -1.50. The molecule has 3 rings (SSSR count). The molecule has 0 aliphatic rings. The highest BCUT2D eigenvalue weighted by Gasteiger charge is 2.33. The van der Waals surface area contributed by atoms with E-state index in [4.69, 9.17) is 5.73 Å². The molecule has 0 amide bonds. The van der Waals surface area contributed by atoms with Crippen LogP contribution in [0.15, 0.2) is 42.7 Å². The van der Waals surface area contributed by atoms with E-state index in [1.54, 1.807) is 0 Å². The van der Waals surface area contributed by atoms with Crippen LogP contribution in [0.25, 0.3) is 16.9 Å². The summed E-state index contributed by atoms with van der Waals surface area (Å²) in [6.45, 7) is 0. The molecule has 0 saturated carbocycles. The smallest absolute Gasteiger partial charge is 0.394 e. The van der Waals surface area contributed by atoms with Crippen molar-refractivity contribution in [1.29, 1.82) is 0 Å². The standard InChI is InChI=1S/C13H9F3N4/c14-13(15,16)9-4-2-1-3-8(9)11-5-6-20-12(19-11)10(17)7-18-20/h1-7H,17H2. The Labute approximate surface area is 111 Å². The van der Waals surface area contributed by atoms with Crippen molar-refractivity contribution in [2.45, 2.75) is 6.18 Å². The highest BCUT2D eigenvalue weighted by molar-refractivity contribution is 5.70. The van der Waals surface area contributed by atoms with Gasteiger partial charge in [0.05, 0.1) is 23.1 Å². The minimum absolute atomic E-state index is 0.0168. The summed E-state index contributed by atoms with van der Waals surface area (Å²) in [5.74, 6) is 0. The summed E-state index contributed by atoms with van der Waals surface area (Å²) in [5.41, 5.74) is 5.82.